The zero-order chi connectivity index (χ0) is 17.7. The molecule has 3 heterocycles. The van der Waals surface area contributed by atoms with Gasteiger partial charge in [0.15, 0.2) is 0 Å². The minimum absolute atomic E-state index is 0.166. The lowest BCUT2D eigenvalue weighted by Gasteiger charge is -2.33. The summed E-state index contributed by atoms with van der Waals surface area (Å²) in [6, 6.07) is 2.97. The molecule has 24 heavy (non-hydrogen) atoms. The highest BCUT2D eigenvalue weighted by Crippen LogP contribution is 2.46. The number of carbonyl (C=O) groups excluding carboxylic acids is 1. The molecule has 1 aliphatic rings. The Morgan fingerprint density at radius 2 is 2.12 bits per heavy atom. The van der Waals surface area contributed by atoms with Gasteiger partial charge in [-0.25, -0.2) is 4.79 Å². The highest BCUT2D eigenvalue weighted by molar-refractivity contribution is 5.91. The molecule has 2 aromatic rings. The van der Waals surface area contributed by atoms with Crippen molar-refractivity contribution < 1.29 is 27.4 Å². The van der Waals surface area contributed by atoms with E-state index >= 15 is 0 Å². The normalized spacial score (nSPS) is 15.2. The van der Waals surface area contributed by atoms with Crippen molar-refractivity contribution in [3.05, 3.63) is 35.8 Å². The van der Waals surface area contributed by atoms with Gasteiger partial charge in [0, 0.05) is 17.3 Å². The number of rotatable bonds is 2. The number of hydrogen-bond acceptors (Lipinski definition) is 4. The van der Waals surface area contributed by atoms with Crippen LogP contribution in [0.2, 0.25) is 0 Å². The van der Waals surface area contributed by atoms with Crippen LogP contribution in [0.5, 0.6) is 5.75 Å². The van der Waals surface area contributed by atoms with E-state index in [4.69, 9.17) is 4.74 Å². The van der Waals surface area contributed by atoms with Crippen molar-refractivity contribution in [3.8, 4) is 17.0 Å². The van der Waals surface area contributed by atoms with Crippen molar-refractivity contribution in [2.45, 2.75) is 32.2 Å². The second-order valence-corrected chi connectivity index (χ2v) is 5.97. The molecule has 0 amide bonds. The van der Waals surface area contributed by atoms with Crippen molar-refractivity contribution in [2.75, 3.05) is 7.11 Å². The summed E-state index contributed by atoms with van der Waals surface area (Å²) in [7, 11) is 1.13. The first-order valence-corrected chi connectivity index (χ1v) is 7.16. The number of hydrogen-bond donors (Lipinski definition) is 0. The molecule has 0 saturated carbocycles. The number of halogens is 3. The van der Waals surface area contributed by atoms with Crippen molar-refractivity contribution in [1.82, 2.24) is 9.55 Å². The second-order valence-electron chi connectivity index (χ2n) is 5.97. The number of methoxy groups -OCH3 is 1. The number of nitrogens with zero attached hydrogens (tertiary/aromatic N) is 2. The topological polar surface area (TPSA) is 53.4 Å². The summed E-state index contributed by atoms with van der Waals surface area (Å²) in [6.07, 6.45) is -1.58. The summed E-state index contributed by atoms with van der Waals surface area (Å²) in [5, 5.41) is 0. The van der Waals surface area contributed by atoms with Crippen LogP contribution >= 0.6 is 0 Å². The molecule has 3 rings (SSSR count). The maximum Gasteiger partial charge on any atom is 0.406 e. The molecule has 5 nitrogen and oxygen atoms in total. The number of carbonyl (C=O) groups is 1. The van der Waals surface area contributed by atoms with Gasteiger partial charge in [-0.05, 0) is 26.0 Å². The minimum Gasteiger partial charge on any atom is -0.481 e. The lowest BCUT2D eigenvalue weighted by Crippen LogP contribution is -2.30. The first-order chi connectivity index (χ1) is 11.1. The molecule has 0 saturated heterocycles. The fourth-order valence-electron chi connectivity index (χ4n) is 2.90. The molecule has 0 N–H and O–H groups in total. The van der Waals surface area contributed by atoms with Crippen LogP contribution in [-0.4, -0.2) is 28.8 Å². The quantitative estimate of drug-likeness (QED) is 0.785. The molecule has 0 spiro atoms. The van der Waals surface area contributed by atoms with Gasteiger partial charge in [0.05, 0.1) is 19.0 Å². The average Bonchev–Trinajstić information content (AvgIpc) is 2.85. The van der Waals surface area contributed by atoms with Crippen molar-refractivity contribution >= 4 is 5.97 Å². The van der Waals surface area contributed by atoms with E-state index in [1.54, 1.807) is 19.9 Å². The molecule has 128 valence electrons. The van der Waals surface area contributed by atoms with Gasteiger partial charge in [0.2, 0.25) is 0 Å². The Balaban J connectivity index is 2.32. The monoisotopic (exact) mass is 340 g/mol. The number of ether oxygens (including phenoxy) is 2. The first-order valence-electron chi connectivity index (χ1n) is 7.16. The van der Waals surface area contributed by atoms with Gasteiger partial charge in [-0.3, -0.25) is 4.98 Å². The Morgan fingerprint density at radius 1 is 1.42 bits per heavy atom. The van der Waals surface area contributed by atoms with Gasteiger partial charge in [-0.15, -0.1) is 0 Å². The Bertz CT molecular complexity index is 809. The third-order valence-electron chi connectivity index (χ3n) is 3.88. The van der Waals surface area contributed by atoms with Gasteiger partial charge in [0.25, 0.3) is 0 Å². The van der Waals surface area contributed by atoms with Gasteiger partial charge in [0.1, 0.15) is 23.6 Å². The fourth-order valence-corrected chi connectivity index (χ4v) is 2.90. The van der Waals surface area contributed by atoms with Crippen LogP contribution in [0.4, 0.5) is 13.2 Å². The number of esters is 1. The van der Waals surface area contributed by atoms with E-state index in [-0.39, 0.29) is 5.69 Å². The van der Waals surface area contributed by atoms with E-state index in [0.717, 1.165) is 11.7 Å². The predicted molar refractivity (Wildman–Crippen MR) is 78.7 cm³/mol. The molecule has 2 aromatic heterocycles. The third kappa shape index (κ3) is 2.61. The van der Waals surface area contributed by atoms with E-state index in [0.29, 0.717) is 22.6 Å². The molecule has 0 fully saturated rings. The van der Waals surface area contributed by atoms with Crippen LogP contribution in [0.3, 0.4) is 0 Å². The SMILES string of the molecule is COC(=O)c1cc2c(n1CC(F)(F)F)-c1ccncc1OC2(C)C. The maximum absolute atomic E-state index is 13.1. The van der Waals surface area contributed by atoms with E-state index in [9.17, 15) is 18.0 Å². The first kappa shape index (κ1) is 16.4. The zero-order valence-electron chi connectivity index (χ0n) is 13.3. The van der Waals surface area contributed by atoms with E-state index < -0.39 is 24.3 Å². The number of pyridine rings is 1. The number of fused-ring (bicyclic) bond motifs is 3. The van der Waals surface area contributed by atoms with Crippen LogP contribution in [0.25, 0.3) is 11.3 Å². The van der Waals surface area contributed by atoms with Gasteiger partial charge < -0.3 is 14.0 Å². The van der Waals surface area contributed by atoms with Crippen molar-refractivity contribution in [3.63, 3.8) is 0 Å². The third-order valence-corrected chi connectivity index (χ3v) is 3.88. The molecule has 8 heteroatoms. The summed E-state index contributed by atoms with van der Waals surface area (Å²) in [5.74, 6) is -0.465. The lowest BCUT2D eigenvalue weighted by molar-refractivity contribution is -0.140. The van der Waals surface area contributed by atoms with Crippen LogP contribution in [0.15, 0.2) is 24.5 Å². The van der Waals surface area contributed by atoms with Gasteiger partial charge in [-0.2, -0.15) is 13.2 Å². The Kier molecular flexibility index (Phi) is 3.58. The fraction of sp³-hybridized carbons (Fsp3) is 0.375. The van der Waals surface area contributed by atoms with E-state index in [1.165, 1.54) is 18.5 Å². The van der Waals surface area contributed by atoms with Crippen molar-refractivity contribution in [2.24, 2.45) is 0 Å². The lowest BCUT2D eigenvalue weighted by atomic mass is 9.92. The van der Waals surface area contributed by atoms with E-state index in [2.05, 4.69) is 9.72 Å². The van der Waals surface area contributed by atoms with Crippen LogP contribution < -0.4 is 4.74 Å². The zero-order valence-corrected chi connectivity index (χ0v) is 13.3. The van der Waals surface area contributed by atoms with Gasteiger partial charge >= 0.3 is 12.1 Å². The number of aromatic nitrogens is 2. The standard InChI is InChI=1S/C16H15F3N2O3/c1-15(2)10-6-11(14(22)23-3)21(8-16(17,18)19)13(10)9-4-5-20-7-12(9)24-15/h4-7H,8H2,1-3H3. The van der Waals surface area contributed by atoms with Crippen LogP contribution in [0.1, 0.15) is 29.9 Å². The molecule has 0 atom stereocenters. The molecule has 0 unspecified atom stereocenters. The van der Waals surface area contributed by atoms with Crippen molar-refractivity contribution in [1.29, 1.82) is 0 Å². The number of alkyl halides is 3. The molecule has 0 radical (unpaired) electrons. The summed E-state index contributed by atoms with van der Waals surface area (Å²) < 4.78 is 50.7. The largest absolute Gasteiger partial charge is 0.481 e. The highest BCUT2D eigenvalue weighted by atomic mass is 19.4. The maximum atomic E-state index is 13.1. The van der Waals surface area contributed by atoms with Crippen LogP contribution in [0, 0.1) is 0 Å². The summed E-state index contributed by atoms with van der Waals surface area (Å²) in [4.78, 5) is 15.9. The second kappa shape index (κ2) is 5.25. The van der Waals surface area contributed by atoms with Crippen LogP contribution in [-0.2, 0) is 16.9 Å². The predicted octanol–water partition coefficient (Wildman–Crippen LogP) is 3.53. The summed E-state index contributed by atoms with van der Waals surface area (Å²) >= 11 is 0. The molecule has 0 aromatic carbocycles. The molecule has 0 aliphatic carbocycles. The summed E-state index contributed by atoms with van der Waals surface area (Å²) in [5.41, 5.74) is 0.164. The molecule has 0 bridgehead atoms. The summed E-state index contributed by atoms with van der Waals surface area (Å²) in [6.45, 7) is 2.14. The smallest absolute Gasteiger partial charge is 0.406 e. The minimum atomic E-state index is -4.49. The Hall–Kier alpha value is -2.51. The highest BCUT2D eigenvalue weighted by Gasteiger charge is 2.40. The average molecular weight is 340 g/mol. The van der Waals surface area contributed by atoms with Gasteiger partial charge in [-0.1, -0.05) is 0 Å². The molecule has 1 aliphatic heterocycles. The molecular formula is C16H15F3N2O3. The molecular weight excluding hydrogens is 325 g/mol. The Morgan fingerprint density at radius 3 is 2.75 bits per heavy atom. The van der Waals surface area contributed by atoms with E-state index in [1.807, 2.05) is 0 Å². The Labute approximate surface area is 136 Å².